The van der Waals surface area contributed by atoms with Gasteiger partial charge in [-0.3, -0.25) is 14.7 Å². The molecule has 0 spiro atoms. The van der Waals surface area contributed by atoms with Crippen LogP contribution in [0.4, 0.5) is 3.89 Å². The van der Waals surface area contributed by atoms with E-state index in [9.17, 15) is 13.8 Å². The third-order valence-electron chi connectivity index (χ3n) is 2.76. The fraction of sp³-hybridized carbons (Fsp3) is 0.600. The van der Waals surface area contributed by atoms with Gasteiger partial charge >= 0.3 is 0 Å². The number of nitrogens with two attached hydrogens (primary N) is 1. The third kappa shape index (κ3) is 3.61. The number of carbonyl (C=O) groups is 1. The summed E-state index contributed by atoms with van der Waals surface area (Å²) in [4.78, 5) is 15.6. The molecule has 114 valence electrons. The highest BCUT2D eigenvalue weighted by molar-refractivity contribution is 7.95. The van der Waals surface area contributed by atoms with Gasteiger partial charge in [0, 0.05) is 13.2 Å². The standard InChI is InChI=1S/C10H15ClFN3O4S/c1-14-9(13)5(11)2-15(4-17)10-8(20-12)7(18)6(3-16)19-10/h2,4,6-8,10,16,18H,3H2,1H3,(H2,13,14)/b5-2+. The fourth-order valence-corrected chi connectivity index (χ4v) is 2.44. The second-order valence-electron chi connectivity index (χ2n) is 3.93. The monoisotopic (exact) mass is 327 g/mol. The second kappa shape index (κ2) is 7.79. The molecule has 1 fully saturated rings. The van der Waals surface area contributed by atoms with Gasteiger partial charge in [-0.05, 0) is 0 Å². The maximum atomic E-state index is 12.9. The van der Waals surface area contributed by atoms with Crippen molar-refractivity contribution in [2.24, 2.45) is 10.7 Å². The van der Waals surface area contributed by atoms with Gasteiger partial charge in [0.25, 0.3) is 0 Å². The molecule has 0 aliphatic carbocycles. The third-order valence-corrected chi connectivity index (χ3v) is 3.77. The molecule has 4 N–H and O–H groups in total. The number of ether oxygens (including phenoxy) is 1. The SMILES string of the molecule is CN=C(N)/C(Cl)=C\N(C=O)C1OC(CO)C(O)C1SF. The van der Waals surface area contributed by atoms with Crippen molar-refractivity contribution in [3.63, 3.8) is 0 Å². The van der Waals surface area contributed by atoms with Crippen LogP contribution in [0.3, 0.4) is 0 Å². The average Bonchev–Trinajstić information content (AvgIpc) is 2.79. The first-order chi connectivity index (χ1) is 9.49. The zero-order valence-electron chi connectivity index (χ0n) is 10.5. The minimum absolute atomic E-state index is 0.0137. The molecule has 1 aliphatic rings. The van der Waals surface area contributed by atoms with Crippen LogP contribution in [-0.2, 0) is 9.53 Å². The van der Waals surface area contributed by atoms with E-state index in [1.165, 1.54) is 7.05 Å². The zero-order chi connectivity index (χ0) is 15.3. The van der Waals surface area contributed by atoms with Gasteiger partial charge < -0.3 is 20.7 Å². The number of hydrogen-bond acceptors (Lipinski definition) is 6. The predicted octanol–water partition coefficient (Wildman–Crippen LogP) is -0.424. The van der Waals surface area contributed by atoms with Gasteiger partial charge in [-0.15, -0.1) is 0 Å². The molecule has 0 aromatic rings. The van der Waals surface area contributed by atoms with Crippen molar-refractivity contribution in [1.29, 1.82) is 0 Å². The Bertz CT molecular complexity index is 412. The quantitative estimate of drug-likeness (QED) is 0.347. The van der Waals surface area contributed by atoms with Crippen LogP contribution in [0.5, 0.6) is 0 Å². The number of rotatable bonds is 6. The van der Waals surface area contributed by atoms with Gasteiger partial charge in [-0.2, -0.15) is 3.89 Å². The summed E-state index contributed by atoms with van der Waals surface area (Å²) in [5.41, 5.74) is 5.46. The topological polar surface area (TPSA) is 108 Å². The molecule has 7 nitrogen and oxygen atoms in total. The Hall–Kier alpha value is -0.870. The molecule has 20 heavy (non-hydrogen) atoms. The Balaban J connectivity index is 2.97. The Morgan fingerprint density at radius 3 is 2.80 bits per heavy atom. The Morgan fingerprint density at radius 2 is 2.35 bits per heavy atom. The zero-order valence-corrected chi connectivity index (χ0v) is 12.1. The number of amides is 1. The molecular weight excluding hydrogens is 313 g/mol. The van der Waals surface area contributed by atoms with Crippen LogP contribution >= 0.6 is 23.7 Å². The Morgan fingerprint density at radius 1 is 1.70 bits per heavy atom. The number of aliphatic imine (C=N–C) groups is 1. The minimum atomic E-state index is -1.26. The van der Waals surface area contributed by atoms with Gasteiger partial charge in [0.05, 0.1) is 23.8 Å². The number of aliphatic hydroxyl groups excluding tert-OH is 2. The van der Waals surface area contributed by atoms with Crippen molar-refractivity contribution in [2.75, 3.05) is 13.7 Å². The highest BCUT2D eigenvalue weighted by atomic mass is 35.5. The average molecular weight is 328 g/mol. The first-order valence-electron chi connectivity index (χ1n) is 5.54. The molecule has 0 radical (unpaired) electrons. The van der Waals surface area contributed by atoms with E-state index >= 15 is 0 Å². The van der Waals surface area contributed by atoms with Gasteiger partial charge in [0.2, 0.25) is 6.41 Å². The van der Waals surface area contributed by atoms with Gasteiger partial charge in [-0.1, -0.05) is 11.6 Å². The first-order valence-corrected chi connectivity index (χ1v) is 6.70. The number of amidine groups is 1. The fourth-order valence-electron chi connectivity index (χ4n) is 1.67. The molecule has 0 bridgehead atoms. The minimum Gasteiger partial charge on any atom is -0.394 e. The summed E-state index contributed by atoms with van der Waals surface area (Å²) in [6.07, 6.45) is -1.89. The van der Waals surface area contributed by atoms with Crippen molar-refractivity contribution < 1.29 is 23.6 Å². The largest absolute Gasteiger partial charge is 0.394 e. The molecule has 0 aromatic heterocycles. The summed E-state index contributed by atoms with van der Waals surface area (Å²) in [5, 5.41) is 17.7. The molecule has 1 heterocycles. The van der Waals surface area contributed by atoms with Crippen molar-refractivity contribution >= 4 is 36.0 Å². The van der Waals surface area contributed by atoms with Crippen LogP contribution in [0.15, 0.2) is 16.2 Å². The van der Waals surface area contributed by atoms with E-state index in [0.29, 0.717) is 6.41 Å². The van der Waals surface area contributed by atoms with Crippen LogP contribution in [0, 0.1) is 0 Å². The van der Waals surface area contributed by atoms with E-state index in [1.54, 1.807) is 0 Å². The lowest BCUT2D eigenvalue weighted by Crippen LogP contribution is -2.39. The molecule has 1 amide bonds. The second-order valence-corrected chi connectivity index (χ2v) is 5.06. The van der Waals surface area contributed by atoms with Crippen LogP contribution in [0.2, 0.25) is 0 Å². The highest BCUT2D eigenvalue weighted by Crippen LogP contribution is 2.33. The molecule has 4 atom stereocenters. The Kier molecular flexibility index (Phi) is 6.69. The molecule has 1 rings (SSSR count). The van der Waals surface area contributed by atoms with Crippen molar-refractivity contribution in [1.82, 2.24) is 4.90 Å². The summed E-state index contributed by atoms with van der Waals surface area (Å²) in [7, 11) is 1.41. The summed E-state index contributed by atoms with van der Waals surface area (Å²) < 4.78 is 18.2. The van der Waals surface area contributed by atoms with E-state index < -0.39 is 30.3 Å². The lowest BCUT2D eigenvalue weighted by atomic mass is 10.2. The van der Waals surface area contributed by atoms with Gasteiger partial charge in [-0.25, -0.2) is 0 Å². The van der Waals surface area contributed by atoms with Gasteiger partial charge in [0.15, 0.2) is 6.23 Å². The van der Waals surface area contributed by atoms with Crippen molar-refractivity contribution in [3.05, 3.63) is 11.2 Å². The lowest BCUT2D eigenvalue weighted by Gasteiger charge is -2.24. The van der Waals surface area contributed by atoms with Crippen LogP contribution in [-0.4, -0.2) is 64.7 Å². The van der Waals surface area contributed by atoms with Crippen LogP contribution in [0.25, 0.3) is 0 Å². The summed E-state index contributed by atoms with van der Waals surface area (Å²) in [6, 6.07) is 0. The van der Waals surface area contributed by atoms with Crippen molar-refractivity contribution in [3.8, 4) is 0 Å². The van der Waals surface area contributed by atoms with E-state index in [1.807, 2.05) is 0 Å². The number of nitrogens with zero attached hydrogens (tertiary/aromatic N) is 2. The van der Waals surface area contributed by atoms with E-state index in [4.69, 9.17) is 27.2 Å². The molecule has 1 aliphatic heterocycles. The molecule has 0 aromatic carbocycles. The van der Waals surface area contributed by atoms with Crippen molar-refractivity contribution in [2.45, 2.75) is 23.7 Å². The number of hydrogen-bond donors (Lipinski definition) is 3. The molecule has 4 unspecified atom stereocenters. The van der Waals surface area contributed by atoms with E-state index in [0.717, 1.165) is 11.1 Å². The molecule has 0 saturated carbocycles. The molecule has 1 saturated heterocycles. The van der Waals surface area contributed by atoms with E-state index in [-0.39, 0.29) is 23.0 Å². The maximum Gasteiger partial charge on any atom is 0.215 e. The number of carbonyl (C=O) groups excluding carboxylic acids is 1. The summed E-state index contributed by atoms with van der Waals surface area (Å²) in [6.45, 7) is -0.503. The molecular formula is C10H15ClFN3O4S. The predicted molar refractivity (Wildman–Crippen MR) is 73.6 cm³/mol. The summed E-state index contributed by atoms with van der Waals surface area (Å²) in [5.74, 6) is -0.0137. The van der Waals surface area contributed by atoms with Crippen LogP contribution in [0.1, 0.15) is 0 Å². The summed E-state index contributed by atoms with van der Waals surface area (Å²) >= 11 is 5.65. The van der Waals surface area contributed by atoms with Gasteiger partial charge in [0.1, 0.15) is 23.3 Å². The van der Waals surface area contributed by atoms with Crippen LogP contribution < -0.4 is 5.73 Å². The maximum absolute atomic E-state index is 12.9. The number of aliphatic hydroxyl groups is 2. The molecule has 10 heteroatoms. The van der Waals surface area contributed by atoms with E-state index in [2.05, 4.69) is 4.99 Å². The lowest BCUT2D eigenvalue weighted by molar-refractivity contribution is -0.127. The highest BCUT2D eigenvalue weighted by Gasteiger charge is 2.46. The normalized spacial score (nSPS) is 31.4. The Labute approximate surface area is 124 Å². The first kappa shape index (κ1) is 17.2. The number of halogens is 2. The smallest absolute Gasteiger partial charge is 0.215 e.